The number of hydrogen-bond acceptors (Lipinski definition) is 4. The van der Waals surface area contributed by atoms with Crippen molar-refractivity contribution in [3.63, 3.8) is 0 Å². The summed E-state index contributed by atoms with van der Waals surface area (Å²) in [5.41, 5.74) is 9.31. The molecule has 2 rings (SSSR count). The van der Waals surface area contributed by atoms with Gasteiger partial charge in [-0.1, -0.05) is 12.1 Å². The third kappa shape index (κ3) is 5.51. The summed E-state index contributed by atoms with van der Waals surface area (Å²) < 4.78 is 24.5. The normalized spacial score (nSPS) is 10.6. The lowest BCUT2D eigenvalue weighted by molar-refractivity contribution is 0.269. The Hall–Kier alpha value is -2.67. The summed E-state index contributed by atoms with van der Waals surface area (Å²) in [7, 11) is 0. The molecule has 5 nitrogen and oxygen atoms in total. The second kappa shape index (κ2) is 8.83. The van der Waals surface area contributed by atoms with E-state index in [0.29, 0.717) is 18.1 Å². The van der Waals surface area contributed by atoms with Crippen molar-refractivity contribution in [2.75, 3.05) is 6.61 Å². The van der Waals surface area contributed by atoms with Gasteiger partial charge >= 0.3 is 0 Å². The summed E-state index contributed by atoms with van der Waals surface area (Å²) in [5, 5.41) is 3.99. The largest absolute Gasteiger partial charge is 0.490 e. The second-order valence-electron chi connectivity index (χ2n) is 4.79. The minimum Gasteiger partial charge on any atom is -0.490 e. The molecule has 0 saturated carbocycles. The number of benzene rings is 2. The lowest BCUT2D eigenvalue weighted by atomic mass is 10.2. The van der Waals surface area contributed by atoms with E-state index in [9.17, 15) is 4.39 Å². The Balaban J connectivity index is 2.10. The number of halogens is 1. The number of ether oxygens (including phenoxy) is 2. The van der Waals surface area contributed by atoms with E-state index in [0.717, 1.165) is 11.1 Å². The van der Waals surface area contributed by atoms with Crippen molar-refractivity contribution in [1.29, 1.82) is 0 Å². The number of nitrogens with zero attached hydrogens (tertiary/aromatic N) is 1. The molecule has 0 aliphatic carbocycles. The maximum Gasteiger partial charge on any atom is 0.184 e. The van der Waals surface area contributed by atoms with Gasteiger partial charge < -0.3 is 15.2 Å². The number of hydrazone groups is 1. The van der Waals surface area contributed by atoms with Crippen LogP contribution in [0.3, 0.4) is 0 Å². The van der Waals surface area contributed by atoms with Crippen LogP contribution in [-0.2, 0) is 6.61 Å². The average molecular weight is 347 g/mol. The summed E-state index contributed by atoms with van der Waals surface area (Å²) in [5.74, 6) is 0.853. The molecular formula is C17H18FN3O2S. The van der Waals surface area contributed by atoms with Gasteiger partial charge in [0.15, 0.2) is 16.6 Å². The zero-order valence-electron chi connectivity index (χ0n) is 13.2. The first-order chi connectivity index (χ1) is 11.6. The molecule has 0 aromatic heterocycles. The first-order valence-corrected chi connectivity index (χ1v) is 7.72. The van der Waals surface area contributed by atoms with E-state index < -0.39 is 0 Å². The lowest BCUT2D eigenvalue weighted by Gasteiger charge is -2.12. The van der Waals surface area contributed by atoms with Crippen LogP contribution >= 0.6 is 12.2 Å². The fraction of sp³-hybridized carbons (Fsp3) is 0.176. The van der Waals surface area contributed by atoms with Gasteiger partial charge in [0.2, 0.25) is 0 Å². The van der Waals surface area contributed by atoms with Gasteiger partial charge in [0, 0.05) is 0 Å². The average Bonchev–Trinajstić information content (AvgIpc) is 2.54. The monoisotopic (exact) mass is 347 g/mol. The fourth-order valence-electron chi connectivity index (χ4n) is 1.95. The van der Waals surface area contributed by atoms with E-state index in [-0.39, 0.29) is 17.5 Å². The van der Waals surface area contributed by atoms with Crippen molar-refractivity contribution in [3.8, 4) is 11.5 Å². The van der Waals surface area contributed by atoms with Crippen LogP contribution < -0.4 is 20.6 Å². The molecule has 3 N–H and O–H groups in total. The fourth-order valence-corrected chi connectivity index (χ4v) is 2.00. The van der Waals surface area contributed by atoms with Gasteiger partial charge in [-0.25, -0.2) is 4.39 Å². The lowest BCUT2D eigenvalue weighted by Crippen LogP contribution is -2.23. The third-order valence-electron chi connectivity index (χ3n) is 2.94. The zero-order valence-corrected chi connectivity index (χ0v) is 14.0. The molecule has 0 heterocycles. The molecule has 0 saturated heterocycles. The topological polar surface area (TPSA) is 68.9 Å². The minimum atomic E-state index is -0.294. The van der Waals surface area contributed by atoms with Gasteiger partial charge in [-0.2, -0.15) is 5.10 Å². The van der Waals surface area contributed by atoms with Crippen molar-refractivity contribution in [3.05, 3.63) is 59.4 Å². The molecule has 2 aromatic rings. The van der Waals surface area contributed by atoms with Crippen LogP contribution in [0.1, 0.15) is 18.1 Å². The minimum absolute atomic E-state index is 0.0892. The number of thiocarbonyl (C=S) groups is 1. The van der Waals surface area contributed by atoms with E-state index in [1.165, 1.54) is 12.1 Å². The highest BCUT2D eigenvalue weighted by Gasteiger charge is 2.07. The molecule has 0 bridgehead atoms. The highest BCUT2D eigenvalue weighted by Crippen LogP contribution is 2.29. The number of rotatable bonds is 7. The van der Waals surface area contributed by atoms with Gasteiger partial charge in [-0.3, -0.25) is 5.43 Å². The van der Waals surface area contributed by atoms with E-state index in [1.807, 2.05) is 13.0 Å². The Bertz CT molecular complexity index is 738. The van der Waals surface area contributed by atoms with Crippen molar-refractivity contribution in [1.82, 2.24) is 5.43 Å². The molecular weight excluding hydrogens is 329 g/mol. The molecule has 0 fully saturated rings. The first-order valence-electron chi connectivity index (χ1n) is 7.31. The van der Waals surface area contributed by atoms with Gasteiger partial charge in [0.1, 0.15) is 12.4 Å². The molecule has 126 valence electrons. The Kier molecular flexibility index (Phi) is 6.51. The van der Waals surface area contributed by atoms with Crippen molar-refractivity contribution < 1.29 is 13.9 Å². The van der Waals surface area contributed by atoms with Crippen LogP contribution in [0.2, 0.25) is 0 Å². The van der Waals surface area contributed by atoms with Crippen LogP contribution in [0.4, 0.5) is 4.39 Å². The molecule has 0 unspecified atom stereocenters. The molecule has 0 aliphatic rings. The van der Waals surface area contributed by atoms with Crippen LogP contribution in [0.25, 0.3) is 0 Å². The highest BCUT2D eigenvalue weighted by molar-refractivity contribution is 7.80. The summed E-state index contributed by atoms with van der Waals surface area (Å²) in [6, 6.07) is 11.6. The van der Waals surface area contributed by atoms with Crippen molar-refractivity contribution in [2.24, 2.45) is 10.8 Å². The number of hydrogen-bond donors (Lipinski definition) is 2. The quantitative estimate of drug-likeness (QED) is 0.458. The molecule has 0 atom stereocenters. The summed E-state index contributed by atoms with van der Waals surface area (Å²) in [6.07, 6.45) is 1.57. The van der Waals surface area contributed by atoms with Crippen LogP contribution in [0.15, 0.2) is 47.6 Å². The Morgan fingerprint density at radius 2 is 2.08 bits per heavy atom. The summed E-state index contributed by atoms with van der Waals surface area (Å²) in [4.78, 5) is 0. The van der Waals surface area contributed by atoms with Crippen LogP contribution in [0, 0.1) is 5.82 Å². The van der Waals surface area contributed by atoms with Gasteiger partial charge in [0.05, 0.1) is 12.8 Å². The SMILES string of the molecule is CCOc1cc(C=NNC(N)=S)ccc1OCc1cccc(F)c1. The molecule has 0 amide bonds. The Morgan fingerprint density at radius 1 is 1.25 bits per heavy atom. The predicted molar refractivity (Wildman–Crippen MR) is 95.9 cm³/mol. The third-order valence-corrected chi connectivity index (χ3v) is 3.03. The first kappa shape index (κ1) is 17.7. The van der Waals surface area contributed by atoms with Gasteiger partial charge in [-0.05, 0) is 60.6 Å². The highest BCUT2D eigenvalue weighted by atomic mass is 32.1. The number of nitrogens with one attached hydrogen (secondary N) is 1. The van der Waals surface area contributed by atoms with Crippen LogP contribution in [-0.4, -0.2) is 17.9 Å². The van der Waals surface area contributed by atoms with E-state index in [4.69, 9.17) is 15.2 Å². The number of nitrogens with two attached hydrogens (primary N) is 1. The maximum atomic E-state index is 13.2. The molecule has 7 heteroatoms. The second-order valence-corrected chi connectivity index (χ2v) is 5.23. The Morgan fingerprint density at radius 3 is 2.79 bits per heavy atom. The molecule has 2 aromatic carbocycles. The summed E-state index contributed by atoms with van der Waals surface area (Å²) in [6.45, 7) is 2.61. The van der Waals surface area contributed by atoms with E-state index >= 15 is 0 Å². The Labute approximate surface area is 145 Å². The molecule has 0 spiro atoms. The standard InChI is InChI=1S/C17H18FN3O2S/c1-2-22-16-9-12(10-20-21-17(19)24)6-7-15(16)23-11-13-4-3-5-14(18)8-13/h3-10H,2,11H2,1H3,(H3,19,21,24). The predicted octanol–water partition coefficient (Wildman–Crippen LogP) is 2.97. The van der Waals surface area contributed by atoms with Gasteiger partial charge in [-0.15, -0.1) is 0 Å². The van der Waals surface area contributed by atoms with Crippen LogP contribution in [0.5, 0.6) is 11.5 Å². The maximum absolute atomic E-state index is 13.2. The van der Waals surface area contributed by atoms with E-state index in [2.05, 4.69) is 22.7 Å². The molecule has 24 heavy (non-hydrogen) atoms. The summed E-state index contributed by atoms with van der Waals surface area (Å²) >= 11 is 4.67. The smallest absolute Gasteiger partial charge is 0.184 e. The zero-order chi connectivity index (χ0) is 17.4. The van der Waals surface area contributed by atoms with E-state index in [1.54, 1.807) is 30.5 Å². The van der Waals surface area contributed by atoms with Crippen molar-refractivity contribution in [2.45, 2.75) is 13.5 Å². The van der Waals surface area contributed by atoms with Gasteiger partial charge in [0.25, 0.3) is 0 Å². The van der Waals surface area contributed by atoms with Crippen molar-refractivity contribution >= 4 is 23.5 Å². The molecule has 0 radical (unpaired) electrons. The molecule has 0 aliphatic heterocycles.